The van der Waals surface area contributed by atoms with E-state index in [0.29, 0.717) is 24.2 Å². The van der Waals surface area contributed by atoms with Gasteiger partial charge in [0.25, 0.3) is 0 Å². The van der Waals surface area contributed by atoms with Gasteiger partial charge in [-0.05, 0) is 18.1 Å². The van der Waals surface area contributed by atoms with Crippen LogP contribution in [0.5, 0.6) is 0 Å². The Bertz CT molecular complexity index is 474. The summed E-state index contributed by atoms with van der Waals surface area (Å²) >= 11 is 11.5. The highest BCUT2D eigenvalue weighted by Crippen LogP contribution is 2.17. The molecule has 0 saturated heterocycles. The van der Waals surface area contributed by atoms with E-state index in [4.69, 9.17) is 27.9 Å². The second-order valence-electron chi connectivity index (χ2n) is 4.20. The van der Waals surface area contributed by atoms with Crippen molar-refractivity contribution < 1.29 is 9.53 Å². The van der Waals surface area contributed by atoms with Crippen LogP contribution in [-0.4, -0.2) is 34.9 Å². The first-order chi connectivity index (χ1) is 9.19. The zero-order valence-corrected chi connectivity index (χ0v) is 11.8. The minimum atomic E-state index is -0.292. The number of halogens is 2. The van der Waals surface area contributed by atoms with Crippen LogP contribution in [0.2, 0.25) is 5.15 Å². The van der Waals surface area contributed by atoms with Gasteiger partial charge in [-0.1, -0.05) is 17.7 Å². The summed E-state index contributed by atoms with van der Waals surface area (Å²) in [6.45, 7) is 1.75. The molecule has 1 aliphatic heterocycles. The number of carbonyl (C=O) groups excluding carboxylic acids is 1. The summed E-state index contributed by atoms with van der Waals surface area (Å²) in [5.41, 5.74) is 1.91. The van der Waals surface area contributed by atoms with Gasteiger partial charge in [0.05, 0.1) is 5.70 Å². The Labute approximate surface area is 122 Å². The first-order valence-corrected chi connectivity index (χ1v) is 6.89. The van der Waals surface area contributed by atoms with Gasteiger partial charge in [-0.25, -0.2) is 9.78 Å². The van der Waals surface area contributed by atoms with Crippen molar-refractivity contribution in [2.24, 2.45) is 0 Å². The Morgan fingerprint density at radius 2 is 2.26 bits per heavy atom. The number of ether oxygens (including phenoxy) is 1. The molecule has 1 aliphatic rings. The highest BCUT2D eigenvalue weighted by molar-refractivity contribution is 6.29. The standard InChI is InChI=1S/C13H14Cl2N2O2/c14-4-1-5-17(11-6-13(18)19-9-11)8-10-2-3-12(15)16-7-10/h2-3,6-7H,1,4-5,8-9H2. The van der Waals surface area contributed by atoms with Gasteiger partial charge in [0.2, 0.25) is 0 Å². The predicted octanol–water partition coefficient (Wildman–Crippen LogP) is 2.61. The predicted molar refractivity (Wildman–Crippen MR) is 74.0 cm³/mol. The number of esters is 1. The van der Waals surface area contributed by atoms with E-state index in [-0.39, 0.29) is 5.97 Å². The lowest BCUT2D eigenvalue weighted by Crippen LogP contribution is -2.25. The van der Waals surface area contributed by atoms with Crippen LogP contribution in [0.1, 0.15) is 12.0 Å². The van der Waals surface area contributed by atoms with Gasteiger partial charge < -0.3 is 9.64 Å². The van der Waals surface area contributed by atoms with Gasteiger partial charge in [0.1, 0.15) is 11.8 Å². The van der Waals surface area contributed by atoms with Crippen LogP contribution in [0.15, 0.2) is 30.1 Å². The Kier molecular flexibility index (Phi) is 5.05. The van der Waals surface area contributed by atoms with Crippen molar-refractivity contribution in [2.75, 3.05) is 19.0 Å². The van der Waals surface area contributed by atoms with E-state index in [2.05, 4.69) is 9.88 Å². The summed E-state index contributed by atoms with van der Waals surface area (Å²) in [6, 6.07) is 3.67. The molecule has 0 fully saturated rings. The molecule has 0 radical (unpaired) electrons. The SMILES string of the molecule is O=C1C=C(N(CCCCl)Cc2ccc(Cl)nc2)CO1. The van der Waals surface area contributed by atoms with Crippen molar-refractivity contribution in [3.8, 4) is 0 Å². The second-order valence-corrected chi connectivity index (χ2v) is 4.96. The number of carbonyl (C=O) groups is 1. The maximum atomic E-state index is 11.1. The van der Waals surface area contributed by atoms with Crippen LogP contribution >= 0.6 is 23.2 Å². The summed E-state index contributed by atoms with van der Waals surface area (Å²) in [5, 5.41) is 0.467. The molecular formula is C13H14Cl2N2O2. The molecule has 0 spiro atoms. The summed E-state index contributed by atoms with van der Waals surface area (Å²) in [7, 11) is 0. The number of cyclic esters (lactones) is 1. The van der Waals surface area contributed by atoms with Gasteiger partial charge in [-0.15, -0.1) is 11.6 Å². The molecule has 0 atom stereocenters. The molecule has 0 bridgehead atoms. The molecule has 19 heavy (non-hydrogen) atoms. The van der Waals surface area contributed by atoms with Gasteiger partial charge in [0.15, 0.2) is 0 Å². The lowest BCUT2D eigenvalue weighted by Gasteiger charge is -2.24. The topological polar surface area (TPSA) is 42.4 Å². The van der Waals surface area contributed by atoms with Gasteiger partial charge in [0, 0.05) is 31.2 Å². The first-order valence-electron chi connectivity index (χ1n) is 5.97. The number of rotatable bonds is 6. The van der Waals surface area contributed by atoms with E-state index in [9.17, 15) is 4.79 Å². The number of aromatic nitrogens is 1. The molecular weight excluding hydrogens is 287 g/mol. The maximum Gasteiger partial charge on any atom is 0.333 e. The Balaban J connectivity index is 2.07. The van der Waals surface area contributed by atoms with Gasteiger partial charge in [-0.2, -0.15) is 0 Å². The quantitative estimate of drug-likeness (QED) is 0.460. The molecule has 0 aliphatic carbocycles. The lowest BCUT2D eigenvalue weighted by atomic mass is 10.2. The lowest BCUT2D eigenvalue weighted by molar-refractivity contribution is -0.135. The third kappa shape index (κ3) is 4.11. The number of hydrogen-bond donors (Lipinski definition) is 0. The third-order valence-electron chi connectivity index (χ3n) is 2.78. The largest absolute Gasteiger partial charge is 0.456 e. The summed E-state index contributed by atoms with van der Waals surface area (Å²) < 4.78 is 4.94. The van der Waals surface area contributed by atoms with Crippen LogP contribution in [0, 0.1) is 0 Å². The number of pyridine rings is 1. The summed E-state index contributed by atoms with van der Waals surface area (Å²) in [4.78, 5) is 17.3. The normalized spacial score (nSPS) is 14.2. The molecule has 2 rings (SSSR count). The molecule has 102 valence electrons. The van der Waals surface area contributed by atoms with Crippen molar-refractivity contribution in [1.29, 1.82) is 0 Å². The summed E-state index contributed by atoms with van der Waals surface area (Å²) in [5.74, 6) is 0.289. The average molecular weight is 301 g/mol. The summed E-state index contributed by atoms with van der Waals surface area (Å²) in [6.07, 6.45) is 4.10. The molecule has 1 aromatic rings. The van der Waals surface area contributed by atoms with Crippen molar-refractivity contribution in [3.63, 3.8) is 0 Å². The average Bonchev–Trinajstić information content (AvgIpc) is 2.83. The van der Waals surface area contributed by atoms with Crippen LogP contribution in [0.25, 0.3) is 0 Å². The Morgan fingerprint density at radius 3 is 2.84 bits per heavy atom. The highest BCUT2D eigenvalue weighted by atomic mass is 35.5. The van der Waals surface area contributed by atoms with E-state index in [0.717, 1.165) is 24.2 Å². The molecule has 6 heteroatoms. The first kappa shape index (κ1) is 14.2. The number of alkyl halides is 1. The fraction of sp³-hybridized carbons (Fsp3) is 0.385. The van der Waals surface area contributed by atoms with E-state index < -0.39 is 0 Å². The Morgan fingerprint density at radius 1 is 1.42 bits per heavy atom. The van der Waals surface area contributed by atoms with Crippen LogP contribution in [0.4, 0.5) is 0 Å². The van der Waals surface area contributed by atoms with Crippen LogP contribution < -0.4 is 0 Å². The minimum absolute atomic E-state index is 0.292. The van der Waals surface area contributed by atoms with Crippen LogP contribution in [-0.2, 0) is 16.1 Å². The van der Waals surface area contributed by atoms with Crippen molar-refractivity contribution in [1.82, 2.24) is 9.88 Å². The van der Waals surface area contributed by atoms with Crippen molar-refractivity contribution >= 4 is 29.2 Å². The maximum absolute atomic E-state index is 11.1. The van der Waals surface area contributed by atoms with Gasteiger partial charge >= 0.3 is 5.97 Å². The molecule has 1 aromatic heterocycles. The Hall–Kier alpha value is -1.26. The molecule has 0 amide bonds. The minimum Gasteiger partial charge on any atom is -0.456 e. The molecule has 0 saturated carbocycles. The van der Waals surface area contributed by atoms with E-state index in [1.54, 1.807) is 12.3 Å². The fourth-order valence-electron chi connectivity index (χ4n) is 1.84. The van der Waals surface area contributed by atoms with Crippen molar-refractivity contribution in [3.05, 3.63) is 40.8 Å². The van der Waals surface area contributed by atoms with E-state index in [1.807, 2.05) is 6.07 Å². The zero-order chi connectivity index (χ0) is 13.7. The second kappa shape index (κ2) is 6.78. The van der Waals surface area contributed by atoms with Gasteiger partial charge in [-0.3, -0.25) is 0 Å². The number of hydrogen-bond acceptors (Lipinski definition) is 4. The monoisotopic (exact) mass is 300 g/mol. The van der Waals surface area contributed by atoms with Crippen LogP contribution in [0.3, 0.4) is 0 Å². The highest BCUT2D eigenvalue weighted by Gasteiger charge is 2.19. The van der Waals surface area contributed by atoms with E-state index in [1.165, 1.54) is 6.08 Å². The zero-order valence-electron chi connectivity index (χ0n) is 10.3. The third-order valence-corrected chi connectivity index (χ3v) is 3.27. The molecule has 0 unspecified atom stereocenters. The molecule has 4 nitrogen and oxygen atoms in total. The number of nitrogens with zero attached hydrogens (tertiary/aromatic N) is 2. The smallest absolute Gasteiger partial charge is 0.333 e. The fourth-order valence-corrected chi connectivity index (χ4v) is 2.07. The van der Waals surface area contributed by atoms with E-state index >= 15 is 0 Å². The molecule has 0 N–H and O–H groups in total. The molecule has 0 aromatic carbocycles. The van der Waals surface area contributed by atoms with Crippen molar-refractivity contribution in [2.45, 2.75) is 13.0 Å². The molecule has 2 heterocycles.